The molecule has 0 amide bonds. The van der Waals surface area contributed by atoms with Crippen LogP contribution in [0.1, 0.15) is 37.8 Å². The first-order valence-corrected chi connectivity index (χ1v) is 8.10. The molecule has 4 nitrogen and oxygen atoms in total. The van der Waals surface area contributed by atoms with Gasteiger partial charge in [-0.05, 0) is 44.8 Å². The van der Waals surface area contributed by atoms with E-state index in [2.05, 4.69) is 29.3 Å². The summed E-state index contributed by atoms with van der Waals surface area (Å²) in [4.78, 5) is 2.47. The molecule has 1 aliphatic heterocycles. The van der Waals surface area contributed by atoms with E-state index < -0.39 is 0 Å². The van der Waals surface area contributed by atoms with Crippen LogP contribution in [0.2, 0.25) is 0 Å². The van der Waals surface area contributed by atoms with Crippen LogP contribution in [0.15, 0.2) is 30.3 Å². The van der Waals surface area contributed by atoms with Gasteiger partial charge in [0.1, 0.15) is 0 Å². The molecule has 118 valence electrons. The zero-order valence-corrected chi connectivity index (χ0v) is 13.0. The number of rotatable bonds is 7. The maximum Gasteiger partial charge on any atom is 0.0628 e. The topological polar surface area (TPSA) is 61.5 Å². The summed E-state index contributed by atoms with van der Waals surface area (Å²) in [5.74, 6) is 0. The highest BCUT2D eigenvalue weighted by Crippen LogP contribution is 2.26. The van der Waals surface area contributed by atoms with Crippen LogP contribution in [-0.4, -0.2) is 48.3 Å². The summed E-state index contributed by atoms with van der Waals surface area (Å²) in [5, 5.41) is 13.4. The molecule has 0 spiro atoms. The van der Waals surface area contributed by atoms with Gasteiger partial charge in [-0.25, -0.2) is 0 Å². The average Bonchev–Trinajstić information content (AvgIpc) is 2.53. The van der Waals surface area contributed by atoms with E-state index >= 15 is 0 Å². The smallest absolute Gasteiger partial charge is 0.0628 e. The van der Waals surface area contributed by atoms with Crippen LogP contribution >= 0.6 is 0 Å². The number of aliphatic hydroxyl groups is 1. The molecule has 2 unspecified atom stereocenters. The Balaban J connectivity index is 2.14. The first kappa shape index (κ1) is 16.4. The number of nitrogens with one attached hydrogen (secondary N) is 1. The lowest BCUT2D eigenvalue weighted by Crippen LogP contribution is -2.47. The Hall–Kier alpha value is -0.940. The maximum atomic E-state index is 9.96. The van der Waals surface area contributed by atoms with Gasteiger partial charge in [0.2, 0.25) is 0 Å². The van der Waals surface area contributed by atoms with Crippen molar-refractivity contribution in [2.45, 2.75) is 44.3 Å². The van der Waals surface area contributed by atoms with Gasteiger partial charge in [0.05, 0.1) is 12.6 Å². The second-order valence-corrected chi connectivity index (χ2v) is 6.09. The fourth-order valence-corrected chi connectivity index (χ4v) is 3.16. The van der Waals surface area contributed by atoms with Crippen molar-refractivity contribution in [3.05, 3.63) is 35.9 Å². The van der Waals surface area contributed by atoms with Gasteiger partial charge in [0.25, 0.3) is 0 Å². The number of aliphatic hydroxyl groups excluding tert-OH is 1. The van der Waals surface area contributed by atoms with Crippen molar-refractivity contribution in [1.29, 1.82) is 0 Å². The van der Waals surface area contributed by atoms with Gasteiger partial charge >= 0.3 is 0 Å². The Morgan fingerprint density at radius 2 is 1.95 bits per heavy atom. The normalized spacial score (nSPS) is 19.6. The fraction of sp³-hybridized carbons (Fsp3) is 0.647. The van der Waals surface area contributed by atoms with Crippen LogP contribution < -0.4 is 11.1 Å². The highest BCUT2D eigenvalue weighted by molar-refractivity contribution is 5.19. The van der Waals surface area contributed by atoms with Gasteiger partial charge in [-0.2, -0.15) is 0 Å². The van der Waals surface area contributed by atoms with Crippen molar-refractivity contribution in [2.24, 2.45) is 5.73 Å². The highest BCUT2D eigenvalue weighted by Gasteiger charge is 2.28. The fourth-order valence-electron chi connectivity index (χ4n) is 3.16. The SMILES string of the molecule is CC(N)CCN(C1CCNCC1)C(CO)c1ccccc1. The minimum Gasteiger partial charge on any atom is -0.394 e. The standard InChI is InChI=1S/C17H29N3O/c1-14(18)9-12-20(16-7-10-19-11-8-16)17(13-21)15-5-3-2-4-6-15/h2-6,14,16-17,19,21H,7-13,18H2,1H3. The van der Waals surface area contributed by atoms with Crippen molar-refractivity contribution >= 4 is 0 Å². The van der Waals surface area contributed by atoms with E-state index in [1.807, 2.05) is 18.2 Å². The molecule has 1 aliphatic rings. The first-order chi connectivity index (χ1) is 10.2. The van der Waals surface area contributed by atoms with E-state index in [1.165, 1.54) is 5.56 Å². The lowest BCUT2D eigenvalue weighted by molar-refractivity contribution is 0.0646. The monoisotopic (exact) mass is 291 g/mol. The molecule has 0 radical (unpaired) electrons. The minimum absolute atomic E-state index is 0.0769. The average molecular weight is 291 g/mol. The van der Waals surface area contributed by atoms with Crippen LogP contribution in [0.25, 0.3) is 0 Å². The molecule has 2 atom stereocenters. The van der Waals surface area contributed by atoms with Gasteiger partial charge in [-0.15, -0.1) is 0 Å². The number of nitrogens with zero attached hydrogens (tertiary/aromatic N) is 1. The van der Waals surface area contributed by atoms with E-state index in [9.17, 15) is 5.11 Å². The predicted octanol–water partition coefficient (Wildman–Crippen LogP) is 1.51. The van der Waals surface area contributed by atoms with Crippen LogP contribution in [0.5, 0.6) is 0 Å². The van der Waals surface area contributed by atoms with E-state index in [1.54, 1.807) is 0 Å². The van der Waals surface area contributed by atoms with E-state index in [0.29, 0.717) is 6.04 Å². The molecule has 1 saturated heterocycles. The Morgan fingerprint density at radius 1 is 1.29 bits per heavy atom. The first-order valence-electron chi connectivity index (χ1n) is 8.10. The van der Waals surface area contributed by atoms with Crippen molar-refractivity contribution in [3.8, 4) is 0 Å². The summed E-state index contributed by atoms with van der Waals surface area (Å²) in [6.07, 6.45) is 3.25. The van der Waals surface area contributed by atoms with Crippen molar-refractivity contribution in [3.63, 3.8) is 0 Å². The largest absolute Gasteiger partial charge is 0.394 e. The zero-order valence-electron chi connectivity index (χ0n) is 13.0. The molecule has 2 rings (SSSR count). The van der Waals surface area contributed by atoms with Crippen LogP contribution in [0.4, 0.5) is 0 Å². The lowest BCUT2D eigenvalue weighted by Gasteiger charge is -2.40. The maximum absolute atomic E-state index is 9.96. The Kier molecular flexibility index (Phi) is 6.64. The highest BCUT2D eigenvalue weighted by atomic mass is 16.3. The number of hydrogen-bond acceptors (Lipinski definition) is 4. The van der Waals surface area contributed by atoms with E-state index in [-0.39, 0.29) is 18.7 Å². The van der Waals surface area contributed by atoms with Gasteiger partial charge in [-0.1, -0.05) is 30.3 Å². The molecule has 1 aromatic rings. The van der Waals surface area contributed by atoms with Gasteiger partial charge in [0.15, 0.2) is 0 Å². The molecule has 1 fully saturated rings. The van der Waals surface area contributed by atoms with Crippen LogP contribution in [0, 0.1) is 0 Å². The van der Waals surface area contributed by atoms with Crippen molar-refractivity contribution in [2.75, 3.05) is 26.2 Å². The third kappa shape index (κ3) is 4.78. The molecule has 0 aromatic heterocycles. The third-order valence-electron chi connectivity index (χ3n) is 4.38. The third-order valence-corrected chi connectivity index (χ3v) is 4.38. The second kappa shape index (κ2) is 8.49. The lowest BCUT2D eigenvalue weighted by atomic mass is 9.98. The molecule has 0 saturated carbocycles. The Morgan fingerprint density at radius 3 is 2.52 bits per heavy atom. The van der Waals surface area contributed by atoms with Gasteiger partial charge in [-0.3, -0.25) is 4.90 Å². The summed E-state index contributed by atoms with van der Waals surface area (Å²) < 4.78 is 0. The quantitative estimate of drug-likeness (QED) is 0.713. The zero-order chi connectivity index (χ0) is 15.1. The minimum atomic E-state index is 0.0769. The summed E-state index contributed by atoms with van der Waals surface area (Å²) in [6, 6.07) is 11.1. The summed E-state index contributed by atoms with van der Waals surface area (Å²) in [5.41, 5.74) is 7.15. The van der Waals surface area contributed by atoms with Crippen molar-refractivity contribution < 1.29 is 5.11 Å². The van der Waals surface area contributed by atoms with E-state index in [0.717, 1.165) is 38.9 Å². The molecule has 21 heavy (non-hydrogen) atoms. The molecule has 1 aromatic carbocycles. The molecular formula is C17H29N3O. The number of piperidine rings is 1. The number of nitrogens with two attached hydrogens (primary N) is 1. The molecule has 0 bridgehead atoms. The van der Waals surface area contributed by atoms with Crippen LogP contribution in [-0.2, 0) is 0 Å². The number of benzene rings is 1. The Labute approximate surface area is 128 Å². The molecule has 1 heterocycles. The molecular weight excluding hydrogens is 262 g/mol. The molecule has 4 heteroatoms. The van der Waals surface area contributed by atoms with Crippen molar-refractivity contribution in [1.82, 2.24) is 10.2 Å². The number of hydrogen-bond donors (Lipinski definition) is 3. The summed E-state index contributed by atoms with van der Waals surface area (Å²) >= 11 is 0. The van der Waals surface area contributed by atoms with Crippen LogP contribution in [0.3, 0.4) is 0 Å². The molecule has 4 N–H and O–H groups in total. The van der Waals surface area contributed by atoms with Gasteiger partial charge < -0.3 is 16.2 Å². The summed E-state index contributed by atoms with van der Waals surface area (Å²) in [6.45, 7) is 5.28. The second-order valence-electron chi connectivity index (χ2n) is 6.09. The van der Waals surface area contributed by atoms with E-state index in [4.69, 9.17) is 5.73 Å². The summed E-state index contributed by atoms with van der Waals surface area (Å²) in [7, 11) is 0. The van der Waals surface area contributed by atoms with Gasteiger partial charge in [0, 0.05) is 18.6 Å². The Bertz CT molecular complexity index is 390. The predicted molar refractivity (Wildman–Crippen MR) is 87.1 cm³/mol. The molecule has 0 aliphatic carbocycles.